The molecule has 0 spiro atoms. The Morgan fingerprint density at radius 3 is 2.82 bits per heavy atom. The molecule has 1 rings (SSSR count). The second-order valence-corrected chi connectivity index (χ2v) is 6.12. The molecule has 7 heteroatoms. The molecular formula is C10H18ClN3O2S. The standard InChI is InChI=1S/C10H18ClN3O2S/c1-3-10-9(8-14(2)13-10)7-12-17(15,16)6-4-5-11/h8,12H,3-7H2,1-2H3. The summed E-state index contributed by atoms with van der Waals surface area (Å²) >= 11 is 5.47. The Morgan fingerprint density at radius 1 is 1.53 bits per heavy atom. The lowest BCUT2D eigenvalue weighted by molar-refractivity contribution is 0.580. The maximum atomic E-state index is 11.6. The van der Waals surface area contributed by atoms with Crippen molar-refractivity contribution in [2.45, 2.75) is 26.3 Å². The van der Waals surface area contributed by atoms with Gasteiger partial charge in [-0.25, -0.2) is 13.1 Å². The number of nitrogens with one attached hydrogen (secondary N) is 1. The molecule has 17 heavy (non-hydrogen) atoms. The van der Waals surface area contributed by atoms with Crippen molar-refractivity contribution in [3.8, 4) is 0 Å². The van der Waals surface area contributed by atoms with Gasteiger partial charge in [0.15, 0.2) is 0 Å². The van der Waals surface area contributed by atoms with E-state index in [1.165, 1.54) is 0 Å². The first kappa shape index (κ1) is 14.5. The Labute approximate surface area is 107 Å². The fourth-order valence-corrected chi connectivity index (χ4v) is 2.87. The number of aromatic nitrogens is 2. The maximum Gasteiger partial charge on any atom is 0.211 e. The molecule has 1 N–H and O–H groups in total. The van der Waals surface area contributed by atoms with Gasteiger partial charge in [-0.1, -0.05) is 6.92 Å². The van der Waals surface area contributed by atoms with Crippen molar-refractivity contribution in [2.24, 2.45) is 7.05 Å². The number of aryl methyl sites for hydroxylation is 2. The average Bonchev–Trinajstić information content (AvgIpc) is 2.65. The molecule has 1 aromatic heterocycles. The Morgan fingerprint density at radius 2 is 2.24 bits per heavy atom. The molecule has 0 saturated heterocycles. The van der Waals surface area contributed by atoms with E-state index in [9.17, 15) is 8.42 Å². The first-order valence-corrected chi connectivity index (χ1v) is 7.72. The summed E-state index contributed by atoms with van der Waals surface area (Å²) in [4.78, 5) is 0. The molecule has 0 aliphatic heterocycles. The number of rotatable bonds is 7. The van der Waals surface area contributed by atoms with E-state index in [1.54, 1.807) is 4.68 Å². The smallest absolute Gasteiger partial charge is 0.211 e. The molecular weight excluding hydrogens is 262 g/mol. The van der Waals surface area contributed by atoms with Crippen molar-refractivity contribution in [1.29, 1.82) is 0 Å². The van der Waals surface area contributed by atoms with E-state index in [-0.39, 0.29) is 5.75 Å². The van der Waals surface area contributed by atoms with Crippen molar-refractivity contribution in [2.75, 3.05) is 11.6 Å². The van der Waals surface area contributed by atoms with E-state index in [1.807, 2.05) is 20.2 Å². The third-order valence-electron chi connectivity index (χ3n) is 2.36. The summed E-state index contributed by atoms with van der Waals surface area (Å²) in [5.41, 5.74) is 1.84. The van der Waals surface area contributed by atoms with Crippen LogP contribution in [0.4, 0.5) is 0 Å². The van der Waals surface area contributed by atoms with Crippen LogP contribution in [0.15, 0.2) is 6.20 Å². The van der Waals surface area contributed by atoms with Crippen molar-refractivity contribution >= 4 is 21.6 Å². The van der Waals surface area contributed by atoms with Crippen LogP contribution in [-0.4, -0.2) is 29.8 Å². The van der Waals surface area contributed by atoms with Gasteiger partial charge in [-0.2, -0.15) is 5.10 Å². The number of sulfonamides is 1. The highest BCUT2D eigenvalue weighted by atomic mass is 35.5. The fourth-order valence-electron chi connectivity index (χ4n) is 1.53. The largest absolute Gasteiger partial charge is 0.275 e. The lowest BCUT2D eigenvalue weighted by atomic mass is 10.2. The predicted molar refractivity (Wildman–Crippen MR) is 68.5 cm³/mol. The number of halogens is 1. The normalized spacial score (nSPS) is 11.9. The minimum atomic E-state index is -3.23. The minimum absolute atomic E-state index is 0.0677. The van der Waals surface area contributed by atoms with Crippen molar-refractivity contribution in [3.63, 3.8) is 0 Å². The third kappa shape index (κ3) is 4.65. The van der Waals surface area contributed by atoms with Gasteiger partial charge in [0.25, 0.3) is 0 Å². The van der Waals surface area contributed by atoms with Gasteiger partial charge < -0.3 is 0 Å². The van der Waals surface area contributed by atoms with Crippen molar-refractivity contribution in [1.82, 2.24) is 14.5 Å². The second kappa shape index (κ2) is 6.37. The average molecular weight is 280 g/mol. The zero-order chi connectivity index (χ0) is 12.9. The van der Waals surface area contributed by atoms with Crippen LogP contribution in [0.1, 0.15) is 24.6 Å². The zero-order valence-electron chi connectivity index (χ0n) is 10.1. The van der Waals surface area contributed by atoms with E-state index < -0.39 is 10.0 Å². The summed E-state index contributed by atoms with van der Waals surface area (Å²) in [6, 6.07) is 0. The van der Waals surface area contributed by atoms with Gasteiger partial charge in [-0.15, -0.1) is 11.6 Å². The molecule has 0 amide bonds. The summed E-state index contributed by atoms with van der Waals surface area (Å²) in [7, 11) is -1.41. The molecule has 0 saturated carbocycles. The van der Waals surface area contributed by atoms with Crippen LogP contribution in [-0.2, 0) is 30.0 Å². The zero-order valence-corrected chi connectivity index (χ0v) is 11.7. The van der Waals surface area contributed by atoms with E-state index in [0.717, 1.165) is 17.7 Å². The molecule has 98 valence electrons. The van der Waals surface area contributed by atoms with E-state index in [2.05, 4.69) is 9.82 Å². The molecule has 0 radical (unpaired) electrons. The number of nitrogens with zero attached hydrogens (tertiary/aromatic N) is 2. The molecule has 0 bridgehead atoms. The van der Waals surface area contributed by atoms with Gasteiger partial charge in [0, 0.05) is 31.2 Å². The molecule has 0 aliphatic rings. The Balaban J connectivity index is 2.60. The molecule has 0 atom stereocenters. The Kier molecular flexibility index (Phi) is 5.42. The maximum absolute atomic E-state index is 11.6. The number of hydrogen-bond donors (Lipinski definition) is 1. The van der Waals surface area contributed by atoms with Crippen LogP contribution < -0.4 is 4.72 Å². The molecule has 1 aromatic rings. The first-order chi connectivity index (χ1) is 7.98. The van der Waals surface area contributed by atoms with Crippen LogP contribution in [0.25, 0.3) is 0 Å². The number of alkyl halides is 1. The fraction of sp³-hybridized carbons (Fsp3) is 0.700. The monoisotopic (exact) mass is 279 g/mol. The molecule has 0 unspecified atom stereocenters. The molecule has 5 nitrogen and oxygen atoms in total. The molecule has 0 fully saturated rings. The van der Waals surface area contributed by atoms with Gasteiger partial charge in [0.05, 0.1) is 11.4 Å². The Hall–Kier alpha value is -0.590. The molecule has 0 aromatic carbocycles. The summed E-state index contributed by atoms with van der Waals surface area (Å²) in [6.45, 7) is 2.29. The SMILES string of the molecule is CCc1nn(C)cc1CNS(=O)(=O)CCCCl. The van der Waals surface area contributed by atoms with Gasteiger partial charge in [0.2, 0.25) is 10.0 Å². The highest BCUT2D eigenvalue weighted by molar-refractivity contribution is 7.89. The van der Waals surface area contributed by atoms with Gasteiger partial charge >= 0.3 is 0 Å². The molecule has 1 heterocycles. The highest BCUT2D eigenvalue weighted by Crippen LogP contribution is 2.07. The summed E-state index contributed by atoms with van der Waals surface area (Å²) < 4.78 is 27.4. The molecule has 0 aliphatic carbocycles. The predicted octanol–water partition coefficient (Wildman–Crippen LogP) is 1.03. The van der Waals surface area contributed by atoms with Gasteiger partial charge in [0.1, 0.15) is 0 Å². The van der Waals surface area contributed by atoms with Crippen molar-refractivity contribution < 1.29 is 8.42 Å². The quantitative estimate of drug-likeness (QED) is 0.758. The summed E-state index contributed by atoms with van der Waals surface area (Å²) in [5, 5.41) is 4.25. The second-order valence-electron chi connectivity index (χ2n) is 3.81. The van der Waals surface area contributed by atoms with E-state index in [0.29, 0.717) is 18.8 Å². The van der Waals surface area contributed by atoms with E-state index >= 15 is 0 Å². The van der Waals surface area contributed by atoms with Gasteiger partial charge in [-0.05, 0) is 12.8 Å². The van der Waals surface area contributed by atoms with Crippen LogP contribution >= 0.6 is 11.6 Å². The Bertz CT molecular complexity index is 456. The summed E-state index contributed by atoms with van der Waals surface area (Å²) in [5.74, 6) is 0.423. The third-order valence-corrected chi connectivity index (χ3v) is 4.03. The summed E-state index contributed by atoms with van der Waals surface area (Å²) in [6.07, 6.45) is 3.09. The highest BCUT2D eigenvalue weighted by Gasteiger charge is 2.12. The topological polar surface area (TPSA) is 64.0 Å². The van der Waals surface area contributed by atoms with Crippen LogP contribution in [0.5, 0.6) is 0 Å². The first-order valence-electron chi connectivity index (χ1n) is 5.53. The minimum Gasteiger partial charge on any atom is -0.275 e. The van der Waals surface area contributed by atoms with Crippen molar-refractivity contribution in [3.05, 3.63) is 17.5 Å². The van der Waals surface area contributed by atoms with Crippen LogP contribution in [0.3, 0.4) is 0 Å². The van der Waals surface area contributed by atoms with E-state index in [4.69, 9.17) is 11.6 Å². The van der Waals surface area contributed by atoms with Crippen LogP contribution in [0.2, 0.25) is 0 Å². The lowest BCUT2D eigenvalue weighted by Crippen LogP contribution is -2.26. The lowest BCUT2D eigenvalue weighted by Gasteiger charge is -2.05. The van der Waals surface area contributed by atoms with Gasteiger partial charge in [-0.3, -0.25) is 4.68 Å². The number of hydrogen-bond acceptors (Lipinski definition) is 3. The van der Waals surface area contributed by atoms with Crippen LogP contribution in [0, 0.1) is 0 Å².